The number of para-hydroxylation sites is 1. The molecule has 3 aromatic rings. The van der Waals surface area contributed by atoms with Gasteiger partial charge in [0.25, 0.3) is 5.91 Å². The van der Waals surface area contributed by atoms with Gasteiger partial charge in [-0.3, -0.25) is 4.79 Å². The van der Waals surface area contributed by atoms with Crippen LogP contribution in [0, 0.1) is 24.1 Å². The van der Waals surface area contributed by atoms with E-state index in [0.717, 1.165) is 0 Å². The van der Waals surface area contributed by atoms with Crippen molar-refractivity contribution in [1.29, 1.82) is 5.26 Å². The van der Waals surface area contributed by atoms with Gasteiger partial charge in [-0.25, -0.2) is 4.39 Å². The van der Waals surface area contributed by atoms with Gasteiger partial charge in [-0.05, 0) is 54.5 Å². The van der Waals surface area contributed by atoms with Gasteiger partial charge >= 0.3 is 0 Å². The zero-order chi connectivity index (χ0) is 21.5. The fourth-order valence-electron chi connectivity index (χ4n) is 2.76. The van der Waals surface area contributed by atoms with Gasteiger partial charge in [0.1, 0.15) is 29.8 Å². The summed E-state index contributed by atoms with van der Waals surface area (Å²) >= 11 is 6.09. The Morgan fingerprint density at radius 2 is 1.93 bits per heavy atom. The minimum atomic E-state index is -0.553. The van der Waals surface area contributed by atoms with Crippen molar-refractivity contribution in [2.24, 2.45) is 0 Å². The highest BCUT2D eigenvalue weighted by Crippen LogP contribution is 2.25. The van der Waals surface area contributed by atoms with Crippen LogP contribution in [0.25, 0.3) is 6.08 Å². The number of halogens is 2. The van der Waals surface area contributed by atoms with Crippen molar-refractivity contribution < 1.29 is 13.9 Å². The third kappa shape index (κ3) is 5.25. The first kappa shape index (κ1) is 21.1. The molecular formula is C24H18ClFN2O2. The highest BCUT2D eigenvalue weighted by Gasteiger charge is 2.13. The lowest BCUT2D eigenvalue weighted by Gasteiger charge is -2.11. The Morgan fingerprint density at radius 1 is 1.17 bits per heavy atom. The molecule has 6 heteroatoms. The van der Waals surface area contributed by atoms with E-state index in [2.05, 4.69) is 5.32 Å². The van der Waals surface area contributed by atoms with Crippen LogP contribution in [-0.2, 0) is 11.4 Å². The maximum absolute atomic E-state index is 13.4. The molecule has 0 bridgehead atoms. The summed E-state index contributed by atoms with van der Waals surface area (Å²) < 4.78 is 19.1. The van der Waals surface area contributed by atoms with Crippen molar-refractivity contribution in [2.75, 3.05) is 5.32 Å². The van der Waals surface area contributed by atoms with E-state index in [0.29, 0.717) is 33.1 Å². The van der Waals surface area contributed by atoms with Crippen LogP contribution >= 0.6 is 11.6 Å². The maximum atomic E-state index is 13.4. The predicted molar refractivity (Wildman–Crippen MR) is 116 cm³/mol. The van der Waals surface area contributed by atoms with E-state index in [1.165, 1.54) is 18.2 Å². The molecule has 30 heavy (non-hydrogen) atoms. The Hall–Kier alpha value is -3.62. The molecule has 150 valence electrons. The van der Waals surface area contributed by atoms with Crippen LogP contribution in [0.3, 0.4) is 0 Å². The first-order chi connectivity index (χ1) is 14.5. The Balaban J connectivity index is 1.81. The average Bonchev–Trinajstić information content (AvgIpc) is 2.74. The van der Waals surface area contributed by atoms with Crippen LogP contribution in [0.1, 0.15) is 16.7 Å². The van der Waals surface area contributed by atoms with E-state index in [1.807, 2.05) is 6.07 Å². The van der Waals surface area contributed by atoms with E-state index in [-0.39, 0.29) is 18.0 Å². The number of hydrogen-bond donors (Lipinski definition) is 1. The molecule has 1 amide bonds. The standard InChI is InChI=1S/C24H18ClFN2O2/c1-16-21(25)9-5-10-22(16)28-24(29)19(14-27)13-18-7-2-3-11-23(18)30-15-17-6-4-8-20(26)12-17/h2-13H,15H2,1H3,(H,28,29)/b19-13-. The van der Waals surface area contributed by atoms with E-state index < -0.39 is 5.91 Å². The summed E-state index contributed by atoms with van der Waals surface area (Å²) in [5, 5.41) is 12.7. The van der Waals surface area contributed by atoms with E-state index >= 15 is 0 Å². The van der Waals surface area contributed by atoms with Crippen molar-refractivity contribution in [3.8, 4) is 11.8 Å². The molecule has 0 aromatic heterocycles. The summed E-state index contributed by atoms with van der Waals surface area (Å²) in [7, 11) is 0. The molecule has 0 saturated heterocycles. The lowest BCUT2D eigenvalue weighted by Crippen LogP contribution is -2.14. The second-order valence-corrected chi connectivity index (χ2v) is 6.90. The summed E-state index contributed by atoms with van der Waals surface area (Å²) in [5.74, 6) is -0.423. The summed E-state index contributed by atoms with van der Waals surface area (Å²) in [6, 6.07) is 20.2. The Kier molecular flexibility index (Phi) is 6.84. The molecule has 3 rings (SSSR count). The summed E-state index contributed by atoms with van der Waals surface area (Å²) in [6.45, 7) is 1.93. The first-order valence-corrected chi connectivity index (χ1v) is 9.50. The number of carbonyl (C=O) groups excluding carboxylic acids is 1. The number of carbonyl (C=O) groups is 1. The van der Waals surface area contributed by atoms with Gasteiger partial charge in [-0.2, -0.15) is 5.26 Å². The normalized spacial score (nSPS) is 10.9. The quantitative estimate of drug-likeness (QED) is 0.398. The van der Waals surface area contributed by atoms with E-state index in [4.69, 9.17) is 16.3 Å². The van der Waals surface area contributed by atoms with Crippen LogP contribution in [-0.4, -0.2) is 5.91 Å². The van der Waals surface area contributed by atoms with Crippen molar-refractivity contribution in [3.63, 3.8) is 0 Å². The highest BCUT2D eigenvalue weighted by molar-refractivity contribution is 6.31. The largest absolute Gasteiger partial charge is 0.488 e. The molecule has 1 N–H and O–H groups in total. The van der Waals surface area contributed by atoms with Gasteiger partial charge in [-0.15, -0.1) is 0 Å². The lowest BCUT2D eigenvalue weighted by molar-refractivity contribution is -0.112. The van der Waals surface area contributed by atoms with Crippen LogP contribution < -0.4 is 10.1 Å². The molecule has 0 fully saturated rings. The van der Waals surface area contributed by atoms with Gasteiger partial charge < -0.3 is 10.1 Å². The molecule has 0 aliphatic carbocycles. The second kappa shape index (κ2) is 9.73. The number of hydrogen-bond acceptors (Lipinski definition) is 3. The zero-order valence-electron chi connectivity index (χ0n) is 16.2. The average molecular weight is 421 g/mol. The van der Waals surface area contributed by atoms with Gasteiger partial charge in [0, 0.05) is 16.3 Å². The van der Waals surface area contributed by atoms with Gasteiger partial charge in [0.15, 0.2) is 0 Å². The molecule has 3 aromatic carbocycles. The molecule has 0 radical (unpaired) electrons. The first-order valence-electron chi connectivity index (χ1n) is 9.12. The number of ether oxygens (including phenoxy) is 1. The Morgan fingerprint density at radius 3 is 2.70 bits per heavy atom. The molecule has 0 saturated carbocycles. The van der Waals surface area contributed by atoms with Crippen molar-refractivity contribution in [2.45, 2.75) is 13.5 Å². The molecule has 0 unspecified atom stereocenters. The Bertz CT molecular complexity index is 1150. The van der Waals surface area contributed by atoms with Gasteiger partial charge in [0.2, 0.25) is 0 Å². The molecule has 0 heterocycles. The van der Waals surface area contributed by atoms with Crippen LogP contribution in [0.15, 0.2) is 72.3 Å². The smallest absolute Gasteiger partial charge is 0.266 e. The second-order valence-electron chi connectivity index (χ2n) is 6.49. The molecule has 0 spiro atoms. The molecule has 4 nitrogen and oxygen atoms in total. The molecular weight excluding hydrogens is 403 g/mol. The van der Waals surface area contributed by atoms with Crippen LogP contribution in [0.5, 0.6) is 5.75 Å². The lowest BCUT2D eigenvalue weighted by atomic mass is 10.1. The highest BCUT2D eigenvalue weighted by atomic mass is 35.5. The van der Waals surface area contributed by atoms with E-state index in [1.54, 1.807) is 61.5 Å². The zero-order valence-corrected chi connectivity index (χ0v) is 16.9. The number of nitrogens with one attached hydrogen (secondary N) is 1. The molecule has 0 aliphatic rings. The third-order valence-corrected chi connectivity index (χ3v) is 4.79. The molecule has 0 atom stereocenters. The fraction of sp³-hybridized carbons (Fsp3) is 0.0833. The minimum absolute atomic E-state index is 0.0869. The number of benzene rings is 3. The monoisotopic (exact) mass is 420 g/mol. The predicted octanol–water partition coefficient (Wildman–Crippen LogP) is 5.91. The SMILES string of the molecule is Cc1c(Cl)cccc1NC(=O)/C(C#N)=C\c1ccccc1OCc1cccc(F)c1. The number of rotatable bonds is 6. The number of anilines is 1. The summed E-state index contributed by atoms with van der Waals surface area (Å²) in [4.78, 5) is 12.6. The number of nitrogens with zero attached hydrogens (tertiary/aromatic N) is 1. The van der Waals surface area contributed by atoms with E-state index in [9.17, 15) is 14.4 Å². The van der Waals surface area contributed by atoms with Crippen LogP contribution in [0.4, 0.5) is 10.1 Å². The van der Waals surface area contributed by atoms with Crippen LogP contribution in [0.2, 0.25) is 5.02 Å². The topological polar surface area (TPSA) is 62.1 Å². The van der Waals surface area contributed by atoms with Gasteiger partial charge in [-0.1, -0.05) is 48.0 Å². The number of nitriles is 1. The van der Waals surface area contributed by atoms with Crippen molar-refractivity contribution in [1.82, 2.24) is 0 Å². The van der Waals surface area contributed by atoms with Crippen molar-refractivity contribution in [3.05, 3.63) is 99.8 Å². The third-order valence-electron chi connectivity index (χ3n) is 4.38. The van der Waals surface area contributed by atoms with Gasteiger partial charge in [0.05, 0.1) is 0 Å². The number of amides is 1. The van der Waals surface area contributed by atoms with Crippen molar-refractivity contribution >= 4 is 29.3 Å². The maximum Gasteiger partial charge on any atom is 0.266 e. The molecule has 0 aliphatic heterocycles. The Labute approximate surface area is 179 Å². The fourth-order valence-corrected chi connectivity index (χ4v) is 2.93. The summed E-state index contributed by atoms with van der Waals surface area (Å²) in [6.07, 6.45) is 1.45. The summed E-state index contributed by atoms with van der Waals surface area (Å²) in [5.41, 5.74) is 2.39. The minimum Gasteiger partial charge on any atom is -0.488 e.